The number of para-hydroxylation sites is 3. The lowest BCUT2D eigenvalue weighted by atomic mass is 10.2. The van der Waals surface area contributed by atoms with Crippen LogP contribution in [-0.2, 0) is 11.3 Å². The molecule has 2 aromatic heterocycles. The molecular weight excluding hydrogens is 368 g/mol. The van der Waals surface area contributed by atoms with Crippen molar-refractivity contribution in [1.29, 1.82) is 0 Å². The molecular formula is C22H20N4O3. The van der Waals surface area contributed by atoms with Gasteiger partial charge < -0.3 is 19.6 Å². The van der Waals surface area contributed by atoms with E-state index in [1.807, 2.05) is 66.1 Å². The predicted octanol–water partition coefficient (Wildman–Crippen LogP) is 3.76. The van der Waals surface area contributed by atoms with Gasteiger partial charge in [0.05, 0.1) is 23.3 Å². The van der Waals surface area contributed by atoms with Gasteiger partial charge in [0.1, 0.15) is 12.4 Å². The summed E-state index contributed by atoms with van der Waals surface area (Å²) in [6.07, 6.45) is 1.45. The third-order valence-corrected chi connectivity index (χ3v) is 4.52. The van der Waals surface area contributed by atoms with Crippen LogP contribution in [0.1, 0.15) is 29.3 Å². The number of carbonyl (C=O) groups is 2. The second kappa shape index (κ2) is 8.02. The third kappa shape index (κ3) is 4.03. The summed E-state index contributed by atoms with van der Waals surface area (Å²) in [6, 6.07) is 19.7. The number of anilines is 1. The van der Waals surface area contributed by atoms with Gasteiger partial charge in [0.15, 0.2) is 5.76 Å². The van der Waals surface area contributed by atoms with Gasteiger partial charge in [-0.1, -0.05) is 30.3 Å². The minimum atomic E-state index is -0.426. The molecule has 0 aliphatic rings. The number of amides is 2. The van der Waals surface area contributed by atoms with Gasteiger partial charge in [-0.3, -0.25) is 9.59 Å². The van der Waals surface area contributed by atoms with Gasteiger partial charge in [-0.25, -0.2) is 4.98 Å². The van der Waals surface area contributed by atoms with Crippen molar-refractivity contribution in [1.82, 2.24) is 14.9 Å². The Bertz CT molecular complexity index is 1130. The number of nitrogens with zero attached hydrogens (tertiary/aromatic N) is 2. The normalized spacial score (nSPS) is 11.9. The molecule has 0 saturated carbocycles. The minimum absolute atomic E-state index is 0.0751. The molecule has 0 aliphatic heterocycles. The van der Waals surface area contributed by atoms with Crippen molar-refractivity contribution in [3.05, 3.63) is 84.6 Å². The Morgan fingerprint density at radius 3 is 2.55 bits per heavy atom. The van der Waals surface area contributed by atoms with Crippen LogP contribution >= 0.6 is 0 Å². The highest BCUT2D eigenvalue weighted by atomic mass is 16.3. The van der Waals surface area contributed by atoms with Crippen LogP contribution in [0, 0.1) is 0 Å². The van der Waals surface area contributed by atoms with E-state index < -0.39 is 6.04 Å². The van der Waals surface area contributed by atoms with E-state index in [1.54, 1.807) is 12.1 Å². The molecule has 1 atom stereocenters. The maximum atomic E-state index is 12.6. The number of furan rings is 1. The molecule has 4 aromatic rings. The molecule has 2 amide bonds. The third-order valence-electron chi connectivity index (χ3n) is 4.52. The lowest BCUT2D eigenvalue weighted by Crippen LogP contribution is -2.29. The van der Waals surface area contributed by atoms with Gasteiger partial charge >= 0.3 is 0 Å². The molecule has 7 nitrogen and oxygen atoms in total. The van der Waals surface area contributed by atoms with E-state index in [0.717, 1.165) is 16.7 Å². The molecule has 0 bridgehead atoms. The van der Waals surface area contributed by atoms with Crippen LogP contribution in [0.2, 0.25) is 0 Å². The van der Waals surface area contributed by atoms with Crippen molar-refractivity contribution in [3.63, 3.8) is 0 Å². The molecule has 0 radical (unpaired) electrons. The number of hydrogen-bond acceptors (Lipinski definition) is 4. The molecule has 0 aliphatic carbocycles. The molecule has 2 aromatic carbocycles. The summed E-state index contributed by atoms with van der Waals surface area (Å²) in [5.41, 5.74) is 2.31. The van der Waals surface area contributed by atoms with Gasteiger partial charge in [-0.05, 0) is 43.3 Å². The Labute approximate surface area is 167 Å². The number of nitrogens with one attached hydrogen (secondary N) is 2. The summed E-state index contributed by atoms with van der Waals surface area (Å²) < 4.78 is 6.97. The molecule has 7 heteroatoms. The van der Waals surface area contributed by atoms with Crippen LogP contribution in [0.5, 0.6) is 0 Å². The Morgan fingerprint density at radius 1 is 1.03 bits per heavy atom. The van der Waals surface area contributed by atoms with E-state index in [2.05, 4.69) is 15.6 Å². The first-order valence-corrected chi connectivity index (χ1v) is 9.26. The summed E-state index contributed by atoms with van der Waals surface area (Å²) in [4.78, 5) is 29.6. The first-order chi connectivity index (χ1) is 14.1. The van der Waals surface area contributed by atoms with Crippen LogP contribution in [0.3, 0.4) is 0 Å². The van der Waals surface area contributed by atoms with Crippen molar-refractivity contribution in [3.8, 4) is 0 Å². The highest BCUT2D eigenvalue weighted by Crippen LogP contribution is 2.21. The van der Waals surface area contributed by atoms with Crippen molar-refractivity contribution in [2.45, 2.75) is 19.5 Å². The maximum Gasteiger partial charge on any atom is 0.287 e. The van der Waals surface area contributed by atoms with Crippen LogP contribution in [-0.4, -0.2) is 21.4 Å². The van der Waals surface area contributed by atoms with Gasteiger partial charge in [0, 0.05) is 5.69 Å². The second-order valence-corrected chi connectivity index (χ2v) is 6.63. The highest BCUT2D eigenvalue weighted by Gasteiger charge is 2.21. The summed E-state index contributed by atoms with van der Waals surface area (Å²) in [7, 11) is 0. The smallest absolute Gasteiger partial charge is 0.287 e. The fourth-order valence-corrected chi connectivity index (χ4v) is 3.20. The summed E-state index contributed by atoms with van der Waals surface area (Å²) in [5, 5.41) is 5.76. The zero-order chi connectivity index (χ0) is 20.2. The summed E-state index contributed by atoms with van der Waals surface area (Å²) in [6.45, 7) is 1.90. The fourth-order valence-electron chi connectivity index (χ4n) is 3.20. The average Bonchev–Trinajstić information content (AvgIpc) is 3.37. The molecule has 146 valence electrons. The standard InChI is InChI=1S/C22H20N4O3/c1-15(23-22(28)19-12-7-13-29-19)21-25-17-10-5-6-11-18(17)26(21)14-20(27)24-16-8-3-2-4-9-16/h2-13,15H,14H2,1H3,(H,23,28)(H,24,27). The van der Waals surface area contributed by atoms with Crippen molar-refractivity contribution < 1.29 is 14.0 Å². The molecule has 0 spiro atoms. The lowest BCUT2D eigenvalue weighted by Gasteiger charge is -2.16. The Hall–Kier alpha value is -3.87. The topological polar surface area (TPSA) is 89.2 Å². The minimum Gasteiger partial charge on any atom is -0.459 e. The first kappa shape index (κ1) is 18.5. The van der Waals surface area contributed by atoms with E-state index in [-0.39, 0.29) is 24.1 Å². The lowest BCUT2D eigenvalue weighted by molar-refractivity contribution is -0.116. The Kier molecular flexibility index (Phi) is 5.11. The van der Waals surface area contributed by atoms with Crippen LogP contribution in [0.4, 0.5) is 5.69 Å². The Balaban J connectivity index is 1.60. The zero-order valence-corrected chi connectivity index (χ0v) is 15.8. The number of rotatable bonds is 6. The summed E-state index contributed by atoms with van der Waals surface area (Å²) in [5.74, 6) is 0.302. The van der Waals surface area contributed by atoms with E-state index in [1.165, 1.54) is 6.26 Å². The molecule has 29 heavy (non-hydrogen) atoms. The van der Waals surface area contributed by atoms with Crippen LogP contribution < -0.4 is 10.6 Å². The van der Waals surface area contributed by atoms with Crippen molar-refractivity contribution in [2.24, 2.45) is 0 Å². The number of hydrogen-bond donors (Lipinski definition) is 2. The van der Waals surface area contributed by atoms with Gasteiger partial charge in [0.25, 0.3) is 5.91 Å². The largest absolute Gasteiger partial charge is 0.459 e. The second-order valence-electron chi connectivity index (χ2n) is 6.63. The molecule has 2 N–H and O–H groups in total. The number of benzene rings is 2. The van der Waals surface area contributed by atoms with Gasteiger partial charge in [-0.2, -0.15) is 0 Å². The molecule has 0 saturated heterocycles. The molecule has 0 fully saturated rings. The summed E-state index contributed by atoms with van der Waals surface area (Å²) >= 11 is 0. The van der Waals surface area contributed by atoms with E-state index >= 15 is 0 Å². The SMILES string of the molecule is CC(NC(=O)c1ccco1)c1nc2ccccc2n1CC(=O)Nc1ccccc1. The number of fused-ring (bicyclic) bond motifs is 1. The van der Waals surface area contributed by atoms with Crippen molar-refractivity contribution >= 4 is 28.5 Å². The van der Waals surface area contributed by atoms with Crippen LogP contribution in [0.25, 0.3) is 11.0 Å². The monoisotopic (exact) mass is 388 g/mol. The average molecular weight is 388 g/mol. The maximum absolute atomic E-state index is 12.6. The fraction of sp³-hybridized carbons (Fsp3) is 0.136. The number of carbonyl (C=O) groups excluding carboxylic acids is 2. The Morgan fingerprint density at radius 2 is 1.79 bits per heavy atom. The van der Waals surface area contributed by atoms with Gasteiger partial charge in [0.2, 0.25) is 5.91 Å². The number of aromatic nitrogens is 2. The van der Waals surface area contributed by atoms with E-state index in [9.17, 15) is 9.59 Å². The van der Waals surface area contributed by atoms with E-state index in [0.29, 0.717) is 5.82 Å². The highest BCUT2D eigenvalue weighted by molar-refractivity contribution is 5.92. The predicted molar refractivity (Wildman–Crippen MR) is 109 cm³/mol. The molecule has 4 rings (SSSR count). The van der Waals surface area contributed by atoms with Gasteiger partial charge in [-0.15, -0.1) is 0 Å². The first-order valence-electron chi connectivity index (χ1n) is 9.26. The molecule has 2 heterocycles. The van der Waals surface area contributed by atoms with Crippen molar-refractivity contribution in [2.75, 3.05) is 5.32 Å². The quantitative estimate of drug-likeness (QED) is 0.526. The number of imidazole rings is 1. The van der Waals surface area contributed by atoms with Crippen LogP contribution in [0.15, 0.2) is 77.4 Å². The zero-order valence-electron chi connectivity index (χ0n) is 15.8. The van der Waals surface area contributed by atoms with E-state index in [4.69, 9.17) is 4.42 Å². The molecule has 1 unspecified atom stereocenters.